The summed E-state index contributed by atoms with van der Waals surface area (Å²) in [7, 11) is 0. The molecule has 21 heavy (non-hydrogen) atoms. The number of anilines is 1. The molecule has 0 atom stereocenters. The van der Waals surface area contributed by atoms with Crippen molar-refractivity contribution in [2.75, 3.05) is 5.32 Å². The van der Waals surface area contributed by atoms with Gasteiger partial charge in [0, 0.05) is 39.7 Å². The molecule has 0 saturated heterocycles. The molecule has 2 amide bonds. The van der Waals surface area contributed by atoms with Crippen LogP contribution in [0.3, 0.4) is 0 Å². The van der Waals surface area contributed by atoms with E-state index in [1.165, 1.54) is 0 Å². The molecule has 1 heterocycles. The Labute approximate surface area is 131 Å². The van der Waals surface area contributed by atoms with Gasteiger partial charge in [-0.15, -0.1) is 0 Å². The molecule has 106 valence electrons. The molecule has 1 aliphatic heterocycles. The van der Waals surface area contributed by atoms with Crippen LogP contribution in [0.4, 0.5) is 5.69 Å². The van der Waals surface area contributed by atoms with Gasteiger partial charge >= 0.3 is 0 Å². The van der Waals surface area contributed by atoms with E-state index in [9.17, 15) is 9.59 Å². The van der Waals surface area contributed by atoms with Crippen LogP contribution in [0.15, 0.2) is 41.0 Å². The third-order valence-electron chi connectivity index (χ3n) is 3.40. The molecule has 3 rings (SSSR count). The van der Waals surface area contributed by atoms with Crippen molar-refractivity contribution in [1.29, 1.82) is 0 Å². The van der Waals surface area contributed by atoms with Crippen LogP contribution >= 0.6 is 23.8 Å². The minimum absolute atomic E-state index is 0.125. The molecule has 0 bridgehead atoms. The molecule has 0 saturated carbocycles. The first-order valence-electron chi connectivity index (χ1n) is 6.38. The van der Waals surface area contributed by atoms with Gasteiger partial charge in [-0.3, -0.25) is 9.59 Å². The number of carbonyl (C=O) groups is 2. The number of hydrogen-bond acceptors (Lipinski definition) is 3. The molecule has 0 fully saturated rings. The molecule has 0 radical (unpaired) electrons. The lowest BCUT2D eigenvalue weighted by molar-refractivity contribution is -0.112. The van der Waals surface area contributed by atoms with Crippen molar-refractivity contribution in [3.8, 4) is 0 Å². The summed E-state index contributed by atoms with van der Waals surface area (Å²) in [4.78, 5) is 24.5. The topological polar surface area (TPSA) is 58.2 Å². The first-order chi connectivity index (χ1) is 10.1. The van der Waals surface area contributed by atoms with Crippen molar-refractivity contribution in [3.63, 3.8) is 0 Å². The summed E-state index contributed by atoms with van der Waals surface area (Å²) < 4.78 is 0. The van der Waals surface area contributed by atoms with E-state index >= 15 is 0 Å². The summed E-state index contributed by atoms with van der Waals surface area (Å²) in [5, 5.41) is 6.05. The lowest BCUT2D eigenvalue weighted by Crippen LogP contribution is -2.21. The average Bonchev–Trinajstić information content (AvgIpc) is 2.84. The van der Waals surface area contributed by atoms with Gasteiger partial charge in [-0.25, -0.2) is 0 Å². The van der Waals surface area contributed by atoms with E-state index in [1.807, 2.05) is 0 Å². The Bertz CT molecular complexity index is 737. The molecule has 0 spiro atoms. The van der Waals surface area contributed by atoms with E-state index < -0.39 is 0 Å². The van der Waals surface area contributed by atoms with Crippen LogP contribution < -0.4 is 10.6 Å². The summed E-state index contributed by atoms with van der Waals surface area (Å²) >= 11 is 11.1. The molecule has 4 nitrogen and oxygen atoms in total. The summed E-state index contributed by atoms with van der Waals surface area (Å²) in [6.45, 7) is 0.411. The minimum atomic E-state index is -0.306. The largest absolute Gasteiger partial charge is 0.348 e. The van der Waals surface area contributed by atoms with E-state index in [-0.39, 0.29) is 11.8 Å². The van der Waals surface area contributed by atoms with Crippen molar-refractivity contribution < 1.29 is 9.59 Å². The van der Waals surface area contributed by atoms with Crippen molar-refractivity contribution in [3.05, 3.63) is 52.1 Å². The van der Waals surface area contributed by atoms with Gasteiger partial charge < -0.3 is 10.6 Å². The van der Waals surface area contributed by atoms with Gasteiger partial charge in [0.05, 0.1) is 5.57 Å². The predicted octanol–water partition coefficient (Wildman–Crippen LogP) is 2.69. The Morgan fingerprint density at radius 3 is 3.00 bits per heavy atom. The molecule has 2 N–H and O–H groups in total. The van der Waals surface area contributed by atoms with Gasteiger partial charge in [-0.05, 0) is 18.2 Å². The molecule has 1 aromatic rings. The number of thiocarbonyl (C=S) groups is 1. The van der Waals surface area contributed by atoms with Crippen LogP contribution in [0.2, 0.25) is 0 Å². The highest BCUT2D eigenvalue weighted by molar-refractivity contribution is 7.81. The molecular formula is C15H11ClN2O2S. The average molecular weight is 319 g/mol. The molecular weight excluding hydrogens is 308 g/mol. The Morgan fingerprint density at radius 1 is 1.38 bits per heavy atom. The standard InChI is InChI=1S/C15H11ClN2O2S/c16-8-4-5-13(21)10(6-8)15(20)18-12-3-1-2-9-11(12)7-17-14(9)19/h1-4,6H,5,7H2,(H,17,19)(H,18,20). The lowest BCUT2D eigenvalue weighted by Gasteiger charge is -2.14. The minimum Gasteiger partial charge on any atom is -0.348 e. The second kappa shape index (κ2) is 5.42. The van der Waals surface area contributed by atoms with Gasteiger partial charge in [-0.1, -0.05) is 36.0 Å². The summed E-state index contributed by atoms with van der Waals surface area (Å²) in [6.07, 6.45) is 3.82. The van der Waals surface area contributed by atoms with Crippen LogP contribution in [0, 0.1) is 0 Å². The van der Waals surface area contributed by atoms with Crippen LogP contribution in [0.5, 0.6) is 0 Å². The number of benzene rings is 1. The Hall–Kier alpha value is -1.98. The van der Waals surface area contributed by atoms with Crippen molar-refractivity contribution in [2.45, 2.75) is 13.0 Å². The molecule has 0 aromatic heterocycles. The van der Waals surface area contributed by atoms with Crippen LogP contribution in [-0.4, -0.2) is 16.7 Å². The van der Waals surface area contributed by atoms with E-state index in [2.05, 4.69) is 10.6 Å². The summed E-state index contributed by atoms with van der Waals surface area (Å²) in [6, 6.07) is 5.23. The van der Waals surface area contributed by atoms with E-state index in [1.54, 1.807) is 30.4 Å². The third-order valence-corrected chi connectivity index (χ3v) is 4.05. The number of allylic oxidation sites excluding steroid dienone is 3. The number of rotatable bonds is 2. The zero-order valence-corrected chi connectivity index (χ0v) is 12.5. The fraction of sp³-hybridized carbons (Fsp3) is 0.133. The number of halogens is 1. The monoisotopic (exact) mass is 318 g/mol. The van der Waals surface area contributed by atoms with Gasteiger partial charge in [-0.2, -0.15) is 0 Å². The normalized spacial score (nSPS) is 16.8. The smallest absolute Gasteiger partial charge is 0.256 e. The first kappa shape index (κ1) is 14.0. The fourth-order valence-electron chi connectivity index (χ4n) is 2.33. The fourth-order valence-corrected chi connectivity index (χ4v) is 2.75. The number of nitrogens with one attached hydrogen (secondary N) is 2. The Balaban J connectivity index is 1.88. The predicted molar refractivity (Wildman–Crippen MR) is 85.5 cm³/mol. The van der Waals surface area contributed by atoms with Gasteiger partial charge in [0.1, 0.15) is 0 Å². The summed E-state index contributed by atoms with van der Waals surface area (Å²) in [5.41, 5.74) is 2.39. The van der Waals surface area contributed by atoms with Gasteiger partial charge in [0.15, 0.2) is 0 Å². The molecule has 1 aliphatic carbocycles. The Morgan fingerprint density at radius 2 is 2.19 bits per heavy atom. The van der Waals surface area contributed by atoms with Crippen LogP contribution in [0.1, 0.15) is 22.3 Å². The van der Waals surface area contributed by atoms with Crippen LogP contribution in [-0.2, 0) is 11.3 Å². The van der Waals surface area contributed by atoms with Gasteiger partial charge in [0.25, 0.3) is 11.8 Å². The highest BCUT2D eigenvalue weighted by Gasteiger charge is 2.24. The zero-order valence-electron chi connectivity index (χ0n) is 10.9. The second-order valence-electron chi connectivity index (χ2n) is 4.74. The molecule has 6 heteroatoms. The van der Waals surface area contributed by atoms with Crippen molar-refractivity contribution in [2.24, 2.45) is 0 Å². The van der Waals surface area contributed by atoms with E-state index in [0.717, 1.165) is 5.56 Å². The zero-order chi connectivity index (χ0) is 15.0. The Kier molecular flexibility index (Phi) is 3.61. The second-order valence-corrected chi connectivity index (χ2v) is 5.67. The number of hydrogen-bond donors (Lipinski definition) is 2. The maximum absolute atomic E-state index is 12.3. The van der Waals surface area contributed by atoms with E-state index in [4.69, 9.17) is 23.8 Å². The van der Waals surface area contributed by atoms with Gasteiger partial charge in [0.2, 0.25) is 0 Å². The van der Waals surface area contributed by atoms with E-state index in [0.29, 0.717) is 39.7 Å². The lowest BCUT2D eigenvalue weighted by atomic mass is 10.0. The number of carbonyl (C=O) groups excluding carboxylic acids is 2. The quantitative estimate of drug-likeness (QED) is 0.824. The highest BCUT2D eigenvalue weighted by atomic mass is 35.5. The number of amides is 2. The summed E-state index contributed by atoms with van der Waals surface area (Å²) in [5.74, 6) is -0.432. The maximum atomic E-state index is 12.3. The van der Waals surface area contributed by atoms with Crippen molar-refractivity contribution in [1.82, 2.24) is 5.32 Å². The first-order valence-corrected chi connectivity index (χ1v) is 7.17. The third kappa shape index (κ3) is 2.62. The number of fused-ring (bicyclic) bond motifs is 1. The SMILES string of the molecule is O=C(Nc1cccc2c1CNC2=O)C1=CC(Cl)=CCC1=S. The van der Waals surface area contributed by atoms with Crippen molar-refractivity contribution >= 4 is 46.2 Å². The maximum Gasteiger partial charge on any atom is 0.256 e. The molecule has 0 unspecified atom stereocenters. The van der Waals surface area contributed by atoms with Crippen LogP contribution in [0.25, 0.3) is 0 Å². The molecule has 1 aromatic carbocycles. The molecule has 2 aliphatic rings. The highest BCUT2D eigenvalue weighted by Crippen LogP contribution is 2.26.